The molecule has 186 valence electrons. The summed E-state index contributed by atoms with van der Waals surface area (Å²) in [6, 6.07) is 7.92. The summed E-state index contributed by atoms with van der Waals surface area (Å²) in [5.74, 6) is -2.02. The number of benzene rings is 1. The predicted octanol–water partition coefficient (Wildman–Crippen LogP) is 3.07. The van der Waals surface area contributed by atoms with Crippen LogP contribution in [0.4, 0.5) is 0 Å². The standard InChI is InChI=1S/C26H36N2O5S/c1-4-6-10-15-27-22(30)21-26-14-13-25(3,34-26)20(24(32)33-5-2)19(26)23(31)28(21)18(16-29)17-11-8-7-9-12-17/h7-9,11-12,18-21,29H,4-6,10,13-16H2,1-3H3,(H,27,30)/t18-,19+,20-,21?,25+,26?/m1/s1. The first kappa shape index (κ1) is 25.0. The Morgan fingerprint density at radius 1 is 1.24 bits per heavy atom. The Balaban J connectivity index is 1.76. The lowest BCUT2D eigenvalue weighted by molar-refractivity contribution is -0.155. The molecule has 4 rings (SSSR count). The minimum Gasteiger partial charge on any atom is -0.466 e. The summed E-state index contributed by atoms with van der Waals surface area (Å²) in [6.45, 7) is 6.40. The monoisotopic (exact) mass is 488 g/mol. The van der Waals surface area contributed by atoms with Crippen molar-refractivity contribution in [2.75, 3.05) is 19.8 Å². The number of ether oxygens (including phenoxy) is 1. The fourth-order valence-electron chi connectivity index (χ4n) is 6.30. The van der Waals surface area contributed by atoms with Gasteiger partial charge in [0.1, 0.15) is 6.04 Å². The number of aliphatic hydroxyl groups is 1. The van der Waals surface area contributed by atoms with Gasteiger partial charge in [0.15, 0.2) is 0 Å². The molecule has 3 heterocycles. The number of nitrogens with one attached hydrogen (secondary N) is 1. The Hall–Kier alpha value is -2.06. The van der Waals surface area contributed by atoms with Gasteiger partial charge in [-0.05, 0) is 38.7 Å². The van der Waals surface area contributed by atoms with Crippen molar-refractivity contribution in [1.29, 1.82) is 0 Å². The molecule has 34 heavy (non-hydrogen) atoms. The van der Waals surface area contributed by atoms with Crippen molar-refractivity contribution < 1.29 is 24.2 Å². The van der Waals surface area contributed by atoms with Crippen molar-refractivity contribution in [2.24, 2.45) is 11.8 Å². The number of esters is 1. The maximum Gasteiger partial charge on any atom is 0.311 e. The van der Waals surface area contributed by atoms with E-state index in [-0.39, 0.29) is 31.0 Å². The number of likely N-dealkylation sites (tertiary alicyclic amines) is 1. The number of carbonyl (C=O) groups is 3. The van der Waals surface area contributed by atoms with E-state index in [9.17, 15) is 19.5 Å². The summed E-state index contributed by atoms with van der Waals surface area (Å²) in [5, 5.41) is 13.5. The highest BCUT2D eigenvalue weighted by molar-refractivity contribution is 8.02. The van der Waals surface area contributed by atoms with Crippen LogP contribution in [0.25, 0.3) is 0 Å². The molecule has 2 N–H and O–H groups in total. The second-order valence-electron chi connectivity index (χ2n) is 9.83. The highest BCUT2D eigenvalue weighted by Gasteiger charge is 2.78. The quantitative estimate of drug-likeness (QED) is 0.388. The fourth-order valence-corrected chi connectivity index (χ4v) is 8.63. The lowest BCUT2D eigenvalue weighted by Gasteiger charge is -2.37. The molecule has 6 atom stereocenters. The van der Waals surface area contributed by atoms with Gasteiger partial charge in [0.05, 0.1) is 35.8 Å². The highest BCUT2D eigenvalue weighted by Crippen LogP contribution is 2.72. The molecule has 3 aliphatic heterocycles. The Kier molecular flexibility index (Phi) is 7.29. The third-order valence-corrected chi connectivity index (χ3v) is 9.76. The Bertz CT molecular complexity index is 927. The van der Waals surface area contributed by atoms with Crippen LogP contribution in [0.3, 0.4) is 0 Å². The lowest BCUT2D eigenvalue weighted by Crippen LogP contribution is -2.54. The Labute approximate surface area is 206 Å². The average Bonchev–Trinajstić information content (AvgIpc) is 3.39. The van der Waals surface area contributed by atoms with E-state index in [1.807, 2.05) is 37.3 Å². The number of carbonyl (C=O) groups excluding carboxylic acids is 3. The molecule has 0 radical (unpaired) electrons. The van der Waals surface area contributed by atoms with E-state index in [4.69, 9.17) is 4.74 Å². The predicted molar refractivity (Wildman–Crippen MR) is 131 cm³/mol. The first-order valence-electron chi connectivity index (χ1n) is 12.5. The van der Waals surface area contributed by atoms with Crippen molar-refractivity contribution in [2.45, 2.75) is 74.5 Å². The van der Waals surface area contributed by atoms with Crippen LogP contribution in [0.5, 0.6) is 0 Å². The molecule has 0 aromatic heterocycles. The van der Waals surface area contributed by atoms with Gasteiger partial charge < -0.3 is 20.1 Å². The van der Waals surface area contributed by atoms with Gasteiger partial charge in [0, 0.05) is 11.3 Å². The molecule has 2 unspecified atom stereocenters. The van der Waals surface area contributed by atoms with E-state index in [1.54, 1.807) is 23.6 Å². The number of thioether (sulfide) groups is 1. The van der Waals surface area contributed by atoms with Gasteiger partial charge in [0.25, 0.3) is 0 Å². The van der Waals surface area contributed by atoms with Crippen molar-refractivity contribution in [1.82, 2.24) is 10.2 Å². The molecular formula is C26H36N2O5S. The summed E-state index contributed by atoms with van der Waals surface area (Å²) >= 11 is 1.62. The lowest BCUT2D eigenvalue weighted by atomic mass is 9.66. The molecule has 0 aliphatic carbocycles. The minimum atomic E-state index is -0.754. The zero-order valence-electron chi connectivity index (χ0n) is 20.3. The van der Waals surface area contributed by atoms with Gasteiger partial charge in [-0.15, -0.1) is 11.8 Å². The highest BCUT2D eigenvalue weighted by atomic mass is 32.2. The van der Waals surface area contributed by atoms with Crippen molar-refractivity contribution in [3.63, 3.8) is 0 Å². The first-order valence-corrected chi connectivity index (χ1v) is 13.3. The van der Waals surface area contributed by atoms with E-state index in [2.05, 4.69) is 12.2 Å². The van der Waals surface area contributed by atoms with E-state index in [1.165, 1.54) is 0 Å². The molecule has 3 aliphatic rings. The number of fused-ring (bicyclic) bond motifs is 1. The summed E-state index contributed by atoms with van der Waals surface area (Å²) in [5.41, 5.74) is 0.775. The molecule has 2 bridgehead atoms. The first-order chi connectivity index (χ1) is 16.3. The van der Waals surface area contributed by atoms with Crippen LogP contribution in [-0.2, 0) is 19.1 Å². The number of hydrogen-bond acceptors (Lipinski definition) is 6. The maximum atomic E-state index is 14.1. The minimum absolute atomic E-state index is 0.192. The van der Waals surface area contributed by atoms with Gasteiger partial charge in [-0.3, -0.25) is 14.4 Å². The fraction of sp³-hybridized carbons (Fsp3) is 0.654. The number of amides is 2. The number of rotatable bonds is 10. The smallest absolute Gasteiger partial charge is 0.311 e. The van der Waals surface area contributed by atoms with E-state index >= 15 is 0 Å². The SMILES string of the molecule is CCCCCNC(=O)C1N([C@H](CO)c2ccccc2)C(=O)[C@@H]2[C@H](C(=O)OCC)[C@]3(C)CCC12S3. The van der Waals surface area contributed by atoms with Crippen molar-refractivity contribution >= 4 is 29.5 Å². The molecule has 1 aromatic rings. The van der Waals surface area contributed by atoms with E-state index in [0.29, 0.717) is 13.0 Å². The van der Waals surface area contributed by atoms with Gasteiger partial charge in [-0.2, -0.15) is 0 Å². The third-order valence-electron chi connectivity index (χ3n) is 7.78. The number of hydrogen-bond donors (Lipinski definition) is 2. The number of unbranched alkanes of at least 4 members (excludes halogenated alkanes) is 2. The second kappa shape index (κ2) is 9.90. The van der Waals surface area contributed by atoms with Crippen LogP contribution in [0.1, 0.15) is 64.5 Å². The van der Waals surface area contributed by atoms with Crippen LogP contribution >= 0.6 is 11.8 Å². The van der Waals surface area contributed by atoms with E-state index < -0.39 is 33.4 Å². The Morgan fingerprint density at radius 3 is 2.62 bits per heavy atom. The molecule has 2 amide bonds. The van der Waals surface area contributed by atoms with Gasteiger partial charge in [0.2, 0.25) is 11.8 Å². The topological polar surface area (TPSA) is 95.9 Å². The molecule has 7 nitrogen and oxygen atoms in total. The second-order valence-corrected chi connectivity index (χ2v) is 11.7. The summed E-state index contributed by atoms with van der Waals surface area (Å²) in [6.07, 6.45) is 4.36. The number of aliphatic hydroxyl groups excluding tert-OH is 1. The van der Waals surface area contributed by atoms with Crippen LogP contribution in [0.2, 0.25) is 0 Å². The van der Waals surface area contributed by atoms with Crippen molar-refractivity contribution in [3.05, 3.63) is 35.9 Å². The Morgan fingerprint density at radius 2 is 1.97 bits per heavy atom. The maximum absolute atomic E-state index is 14.1. The third kappa shape index (κ3) is 3.92. The zero-order valence-corrected chi connectivity index (χ0v) is 21.1. The molecule has 3 fully saturated rings. The van der Waals surface area contributed by atoms with E-state index in [0.717, 1.165) is 31.2 Å². The number of nitrogens with zero attached hydrogens (tertiary/aromatic N) is 1. The normalized spacial score (nSPS) is 32.5. The van der Waals surface area contributed by atoms with Gasteiger partial charge >= 0.3 is 5.97 Å². The molecule has 3 saturated heterocycles. The molecular weight excluding hydrogens is 452 g/mol. The van der Waals surface area contributed by atoms with Gasteiger partial charge in [-0.1, -0.05) is 50.1 Å². The van der Waals surface area contributed by atoms with Gasteiger partial charge in [-0.25, -0.2) is 0 Å². The molecule has 8 heteroatoms. The average molecular weight is 489 g/mol. The molecule has 1 aromatic carbocycles. The van der Waals surface area contributed by atoms with Crippen LogP contribution in [-0.4, -0.2) is 63.1 Å². The van der Waals surface area contributed by atoms with Crippen LogP contribution in [0.15, 0.2) is 30.3 Å². The van der Waals surface area contributed by atoms with Crippen LogP contribution in [0, 0.1) is 11.8 Å². The summed E-state index contributed by atoms with van der Waals surface area (Å²) in [7, 11) is 0. The van der Waals surface area contributed by atoms with Crippen molar-refractivity contribution in [3.8, 4) is 0 Å². The van der Waals surface area contributed by atoms with Crippen LogP contribution < -0.4 is 5.32 Å². The summed E-state index contributed by atoms with van der Waals surface area (Å²) in [4.78, 5) is 42.5. The molecule has 1 spiro atoms. The largest absolute Gasteiger partial charge is 0.466 e. The zero-order chi connectivity index (χ0) is 24.5. The molecule has 0 saturated carbocycles. The summed E-state index contributed by atoms with van der Waals surface area (Å²) < 4.78 is 4.27.